The van der Waals surface area contributed by atoms with Crippen LogP contribution in [-0.4, -0.2) is 59.5 Å². The van der Waals surface area contributed by atoms with Gasteiger partial charge in [-0.2, -0.15) is 0 Å². The van der Waals surface area contributed by atoms with E-state index in [1.54, 1.807) is 6.92 Å². The number of carbonyl (C=O) groups is 2. The van der Waals surface area contributed by atoms with Gasteiger partial charge in [-0.15, -0.1) is 0 Å². The van der Waals surface area contributed by atoms with Gasteiger partial charge in [-0.1, -0.05) is 30.3 Å². The third kappa shape index (κ3) is 4.09. The van der Waals surface area contributed by atoms with Crippen LogP contribution in [0.4, 0.5) is 0 Å². The van der Waals surface area contributed by atoms with E-state index < -0.39 is 0 Å². The minimum absolute atomic E-state index is 0.00116. The zero-order valence-electron chi connectivity index (χ0n) is 16.1. The van der Waals surface area contributed by atoms with Crippen molar-refractivity contribution in [2.24, 2.45) is 5.92 Å². The number of piperidine rings is 1. The number of likely N-dealkylation sites (tertiary alicyclic amines) is 1. The highest BCUT2D eigenvalue weighted by atomic mass is 16.5. The van der Waals surface area contributed by atoms with Crippen LogP contribution in [0.3, 0.4) is 0 Å². The average molecular weight is 358 g/mol. The minimum Gasteiger partial charge on any atom is -0.377 e. The molecular weight excluding hydrogens is 328 g/mol. The fourth-order valence-electron chi connectivity index (χ4n) is 4.24. The number of hydrogen-bond donors (Lipinski definition) is 0. The Kier molecular flexibility index (Phi) is 5.66. The number of amides is 2. The Morgan fingerprint density at radius 2 is 1.81 bits per heavy atom. The Hall–Kier alpha value is -1.88. The van der Waals surface area contributed by atoms with Crippen LogP contribution in [-0.2, 0) is 20.7 Å². The Morgan fingerprint density at radius 3 is 2.42 bits per heavy atom. The molecular formula is C21H30N2O3. The van der Waals surface area contributed by atoms with Crippen molar-refractivity contribution >= 4 is 11.8 Å². The summed E-state index contributed by atoms with van der Waals surface area (Å²) < 4.78 is 5.84. The molecule has 0 bridgehead atoms. The van der Waals surface area contributed by atoms with Crippen LogP contribution < -0.4 is 0 Å². The highest BCUT2D eigenvalue weighted by Crippen LogP contribution is 2.30. The van der Waals surface area contributed by atoms with Crippen LogP contribution in [0.5, 0.6) is 0 Å². The molecule has 2 aliphatic heterocycles. The molecule has 0 aromatic heterocycles. The number of morpholine rings is 1. The molecule has 26 heavy (non-hydrogen) atoms. The van der Waals surface area contributed by atoms with Crippen LogP contribution in [0.15, 0.2) is 30.3 Å². The third-order valence-electron chi connectivity index (χ3n) is 5.62. The number of rotatable bonds is 3. The molecule has 1 atom stereocenters. The maximum atomic E-state index is 13.4. The maximum Gasteiger partial charge on any atom is 0.226 e. The van der Waals surface area contributed by atoms with Gasteiger partial charge in [-0.25, -0.2) is 0 Å². The van der Waals surface area contributed by atoms with Crippen LogP contribution in [0, 0.1) is 5.92 Å². The number of hydrogen-bond acceptors (Lipinski definition) is 3. The molecule has 3 rings (SSSR count). The second-order valence-corrected chi connectivity index (χ2v) is 8.16. The molecule has 0 aliphatic carbocycles. The fraction of sp³-hybridized carbons (Fsp3) is 0.619. The van der Waals surface area contributed by atoms with Crippen LogP contribution in [0.1, 0.15) is 39.2 Å². The number of carbonyl (C=O) groups excluding carboxylic acids is 2. The van der Waals surface area contributed by atoms with Crippen LogP contribution in [0.25, 0.3) is 0 Å². The SMILES string of the molecule is CC(=O)N1CCC(C(=O)N2C(Cc3ccccc3)COCC2(C)C)CC1. The first kappa shape index (κ1) is 18.9. The molecule has 2 heterocycles. The van der Waals surface area contributed by atoms with Crippen molar-refractivity contribution < 1.29 is 14.3 Å². The summed E-state index contributed by atoms with van der Waals surface area (Å²) >= 11 is 0. The van der Waals surface area contributed by atoms with E-state index in [0.29, 0.717) is 26.3 Å². The van der Waals surface area contributed by atoms with E-state index in [-0.39, 0.29) is 29.3 Å². The quantitative estimate of drug-likeness (QED) is 0.834. The van der Waals surface area contributed by atoms with E-state index >= 15 is 0 Å². The van der Waals surface area contributed by atoms with Crippen molar-refractivity contribution in [2.75, 3.05) is 26.3 Å². The fourth-order valence-corrected chi connectivity index (χ4v) is 4.24. The highest BCUT2D eigenvalue weighted by Gasteiger charge is 2.43. The summed E-state index contributed by atoms with van der Waals surface area (Å²) in [7, 11) is 0. The molecule has 0 saturated carbocycles. The lowest BCUT2D eigenvalue weighted by Gasteiger charge is -2.49. The van der Waals surface area contributed by atoms with Crippen molar-refractivity contribution in [2.45, 2.75) is 51.6 Å². The van der Waals surface area contributed by atoms with Gasteiger partial charge in [0.2, 0.25) is 11.8 Å². The molecule has 2 amide bonds. The summed E-state index contributed by atoms with van der Waals surface area (Å²) in [6, 6.07) is 10.4. The van der Waals surface area contributed by atoms with E-state index in [1.165, 1.54) is 5.56 Å². The lowest BCUT2D eigenvalue weighted by atomic mass is 9.89. The topological polar surface area (TPSA) is 49.9 Å². The summed E-state index contributed by atoms with van der Waals surface area (Å²) in [5, 5.41) is 0. The molecule has 142 valence electrons. The number of benzene rings is 1. The molecule has 5 heteroatoms. The molecule has 2 aliphatic rings. The predicted octanol–water partition coefficient (Wildman–Crippen LogP) is 2.49. The van der Waals surface area contributed by atoms with Gasteiger partial charge in [-0.3, -0.25) is 9.59 Å². The Morgan fingerprint density at radius 1 is 1.15 bits per heavy atom. The smallest absolute Gasteiger partial charge is 0.226 e. The highest BCUT2D eigenvalue weighted by molar-refractivity contribution is 5.81. The zero-order chi connectivity index (χ0) is 18.7. The summed E-state index contributed by atoms with van der Waals surface area (Å²) in [4.78, 5) is 28.9. The van der Waals surface area contributed by atoms with Crippen molar-refractivity contribution in [1.82, 2.24) is 9.80 Å². The summed E-state index contributed by atoms with van der Waals surface area (Å²) in [6.45, 7) is 8.29. The van der Waals surface area contributed by atoms with Gasteiger partial charge in [0.25, 0.3) is 0 Å². The normalized spacial score (nSPS) is 23.7. The first-order chi connectivity index (χ1) is 12.4. The molecule has 2 saturated heterocycles. The molecule has 1 aromatic rings. The molecule has 5 nitrogen and oxygen atoms in total. The van der Waals surface area contributed by atoms with E-state index in [9.17, 15) is 9.59 Å². The first-order valence-corrected chi connectivity index (χ1v) is 9.59. The van der Waals surface area contributed by atoms with E-state index in [1.807, 2.05) is 23.1 Å². The van der Waals surface area contributed by atoms with Gasteiger partial charge in [0, 0.05) is 25.9 Å². The van der Waals surface area contributed by atoms with Gasteiger partial charge < -0.3 is 14.5 Å². The van der Waals surface area contributed by atoms with Gasteiger partial charge in [0.05, 0.1) is 24.8 Å². The summed E-state index contributed by atoms with van der Waals surface area (Å²) in [5.41, 5.74) is 0.912. The van der Waals surface area contributed by atoms with Crippen molar-refractivity contribution in [1.29, 1.82) is 0 Å². The average Bonchev–Trinajstić information content (AvgIpc) is 2.61. The van der Waals surface area contributed by atoms with Gasteiger partial charge in [0.15, 0.2) is 0 Å². The molecule has 1 aromatic carbocycles. The van der Waals surface area contributed by atoms with Crippen molar-refractivity contribution in [3.05, 3.63) is 35.9 Å². The predicted molar refractivity (Wildman–Crippen MR) is 101 cm³/mol. The van der Waals surface area contributed by atoms with Crippen LogP contribution in [0.2, 0.25) is 0 Å². The van der Waals surface area contributed by atoms with Crippen LogP contribution >= 0.6 is 0 Å². The number of nitrogens with zero attached hydrogens (tertiary/aromatic N) is 2. The molecule has 0 N–H and O–H groups in total. The Balaban J connectivity index is 1.74. The van der Waals surface area contributed by atoms with Gasteiger partial charge in [-0.05, 0) is 38.7 Å². The van der Waals surface area contributed by atoms with Gasteiger partial charge in [0.1, 0.15) is 0 Å². The Labute approximate surface area is 156 Å². The second kappa shape index (κ2) is 7.78. The Bertz CT molecular complexity index is 636. The van der Waals surface area contributed by atoms with E-state index in [0.717, 1.165) is 19.3 Å². The lowest BCUT2D eigenvalue weighted by molar-refractivity contribution is -0.161. The molecule has 1 unspecified atom stereocenters. The molecule has 0 radical (unpaired) electrons. The minimum atomic E-state index is -0.313. The molecule has 2 fully saturated rings. The molecule has 0 spiro atoms. The van der Waals surface area contributed by atoms with Crippen molar-refractivity contribution in [3.63, 3.8) is 0 Å². The third-order valence-corrected chi connectivity index (χ3v) is 5.62. The van der Waals surface area contributed by atoms with E-state index in [4.69, 9.17) is 4.74 Å². The second-order valence-electron chi connectivity index (χ2n) is 8.16. The van der Waals surface area contributed by atoms with Crippen molar-refractivity contribution in [3.8, 4) is 0 Å². The summed E-state index contributed by atoms with van der Waals surface area (Å²) in [5.74, 6) is 0.327. The maximum absolute atomic E-state index is 13.4. The standard InChI is InChI=1S/C21H30N2O3/c1-16(24)22-11-9-18(10-12-22)20(25)23-19(14-26-15-21(23,2)3)13-17-7-5-4-6-8-17/h4-8,18-19H,9-15H2,1-3H3. The largest absolute Gasteiger partial charge is 0.377 e. The van der Waals surface area contributed by atoms with E-state index in [2.05, 4.69) is 30.9 Å². The summed E-state index contributed by atoms with van der Waals surface area (Å²) in [6.07, 6.45) is 2.32. The number of ether oxygens (including phenoxy) is 1. The lowest BCUT2D eigenvalue weighted by Crippen LogP contribution is -2.63. The van der Waals surface area contributed by atoms with Gasteiger partial charge >= 0.3 is 0 Å². The monoisotopic (exact) mass is 358 g/mol. The zero-order valence-corrected chi connectivity index (χ0v) is 16.1. The first-order valence-electron chi connectivity index (χ1n) is 9.59.